The molecule has 1 aliphatic rings. The molecule has 0 radical (unpaired) electrons. The van der Waals surface area contributed by atoms with E-state index >= 15 is 0 Å². The summed E-state index contributed by atoms with van der Waals surface area (Å²) in [6.07, 6.45) is 3.56. The quantitative estimate of drug-likeness (QED) is 0.203. The minimum Gasteiger partial charge on any atom is -0.497 e. The summed E-state index contributed by atoms with van der Waals surface area (Å²) in [5.41, 5.74) is 4.35. The van der Waals surface area contributed by atoms with E-state index in [1.807, 2.05) is 66.9 Å². The molecular formula is C31H23BrN4O3. The van der Waals surface area contributed by atoms with E-state index in [9.17, 15) is 14.9 Å². The molecule has 3 aromatic carbocycles. The Morgan fingerprint density at radius 1 is 0.974 bits per heavy atom. The van der Waals surface area contributed by atoms with E-state index in [0.717, 1.165) is 26.2 Å². The maximum absolute atomic E-state index is 13.7. The van der Waals surface area contributed by atoms with Crippen LogP contribution in [0, 0.1) is 11.3 Å². The lowest BCUT2D eigenvalue weighted by Crippen LogP contribution is -2.42. The molecule has 0 saturated heterocycles. The molecule has 0 aliphatic carbocycles. The van der Waals surface area contributed by atoms with E-state index in [1.54, 1.807) is 49.1 Å². The summed E-state index contributed by atoms with van der Waals surface area (Å²) in [5.74, 6) is -0.414. The highest BCUT2D eigenvalue weighted by Gasteiger charge is 2.35. The predicted molar refractivity (Wildman–Crippen MR) is 152 cm³/mol. The Hall–Kier alpha value is -4.74. The summed E-state index contributed by atoms with van der Waals surface area (Å²) in [5, 5.41) is 14.7. The summed E-state index contributed by atoms with van der Waals surface area (Å²) in [4.78, 5) is 28.0. The summed E-state index contributed by atoms with van der Waals surface area (Å²) < 4.78 is 7.89. The van der Waals surface area contributed by atoms with Crippen molar-refractivity contribution < 1.29 is 14.3 Å². The Morgan fingerprint density at radius 2 is 1.67 bits per heavy atom. The highest BCUT2D eigenvalue weighted by atomic mass is 79.9. The number of halogens is 1. The average molecular weight is 579 g/mol. The Bertz CT molecular complexity index is 1660. The molecule has 5 rings (SSSR count). The fourth-order valence-electron chi connectivity index (χ4n) is 4.38. The number of hydrogen-bond donors (Lipinski definition) is 0. The normalized spacial score (nSPS) is 14.6. The Balaban J connectivity index is 1.62. The van der Waals surface area contributed by atoms with Crippen molar-refractivity contribution in [3.63, 3.8) is 0 Å². The van der Waals surface area contributed by atoms with Gasteiger partial charge in [0.1, 0.15) is 17.4 Å². The molecule has 39 heavy (non-hydrogen) atoms. The lowest BCUT2D eigenvalue weighted by molar-refractivity contribution is -0.141. The number of carbonyl (C=O) groups is 2. The van der Waals surface area contributed by atoms with Crippen molar-refractivity contribution in [3.8, 4) is 28.8 Å². The van der Waals surface area contributed by atoms with Gasteiger partial charge in [0.25, 0.3) is 11.8 Å². The van der Waals surface area contributed by atoms with Gasteiger partial charge in [0.15, 0.2) is 0 Å². The van der Waals surface area contributed by atoms with E-state index in [4.69, 9.17) is 9.84 Å². The van der Waals surface area contributed by atoms with Crippen molar-refractivity contribution in [1.82, 2.24) is 14.7 Å². The number of methoxy groups -OCH3 is 1. The van der Waals surface area contributed by atoms with Crippen molar-refractivity contribution in [2.75, 3.05) is 7.11 Å². The molecule has 1 aliphatic heterocycles. The Kier molecular flexibility index (Phi) is 7.26. The fraction of sp³-hybridized carbons (Fsp3) is 0.0968. The number of benzene rings is 3. The Morgan fingerprint density at radius 3 is 2.31 bits per heavy atom. The van der Waals surface area contributed by atoms with Gasteiger partial charge in [0.05, 0.1) is 25.0 Å². The molecule has 0 saturated carbocycles. The molecule has 7 nitrogen and oxygen atoms in total. The number of nitriles is 1. The lowest BCUT2D eigenvalue weighted by Gasteiger charge is -2.27. The number of ether oxygens (including phenoxy) is 1. The van der Waals surface area contributed by atoms with E-state index in [0.29, 0.717) is 22.6 Å². The third-order valence-corrected chi connectivity index (χ3v) is 7.03. The number of amides is 2. The molecule has 8 heteroatoms. The second-order valence-electron chi connectivity index (χ2n) is 8.93. The number of carbonyl (C=O) groups excluding carboxylic acids is 2. The number of aromatic nitrogens is 2. The summed E-state index contributed by atoms with van der Waals surface area (Å²) in [6.45, 7) is 1.66. The number of rotatable bonds is 6. The van der Waals surface area contributed by atoms with Crippen molar-refractivity contribution in [3.05, 3.63) is 117 Å². The van der Waals surface area contributed by atoms with Crippen LogP contribution in [0.25, 0.3) is 23.0 Å². The SMILES string of the molecule is COc1ccc(CN2C(=O)C(C#N)=C(C)/C(=C\c3cn(-c4ccccc4)nc3-c3ccc(Br)cc3)C2=O)cc1. The van der Waals surface area contributed by atoms with Gasteiger partial charge in [-0.05, 0) is 60.5 Å². The molecule has 2 heterocycles. The molecular weight excluding hydrogens is 556 g/mol. The zero-order valence-corrected chi connectivity index (χ0v) is 22.8. The molecule has 0 N–H and O–H groups in total. The first-order valence-electron chi connectivity index (χ1n) is 12.1. The van der Waals surface area contributed by atoms with Crippen molar-refractivity contribution in [1.29, 1.82) is 5.26 Å². The van der Waals surface area contributed by atoms with Crippen LogP contribution in [-0.2, 0) is 16.1 Å². The van der Waals surface area contributed by atoms with Crippen molar-refractivity contribution in [2.45, 2.75) is 13.5 Å². The summed E-state index contributed by atoms with van der Waals surface area (Å²) >= 11 is 3.47. The Labute approximate surface area is 234 Å². The second kappa shape index (κ2) is 10.9. The van der Waals surface area contributed by atoms with Crippen LogP contribution in [0.4, 0.5) is 0 Å². The third kappa shape index (κ3) is 5.17. The largest absolute Gasteiger partial charge is 0.497 e. The van der Waals surface area contributed by atoms with Crippen LogP contribution >= 0.6 is 15.9 Å². The maximum Gasteiger partial charge on any atom is 0.271 e. The number of nitrogens with zero attached hydrogens (tertiary/aromatic N) is 4. The molecule has 1 aromatic heterocycles. The standard InChI is InChI=1S/C31H23BrN4O3/c1-20-27(30(37)35(31(38)28(20)17-33)18-21-8-14-26(39-2)15-9-21)16-23-19-36(25-6-4-3-5-7-25)34-29(23)22-10-12-24(32)13-11-22/h3-16,19H,18H2,1-2H3/b27-16+. The van der Waals surface area contributed by atoms with Gasteiger partial charge < -0.3 is 4.74 Å². The number of para-hydroxylation sites is 1. The third-order valence-electron chi connectivity index (χ3n) is 6.51. The van der Waals surface area contributed by atoms with Crippen molar-refractivity contribution in [2.24, 2.45) is 0 Å². The number of imide groups is 1. The van der Waals surface area contributed by atoms with Gasteiger partial charge in [-0.2, -0.15) is 10.4 Å². The highest BCUT2D eigenvalue weighted by Crippen LogP contribution is 2.32. The monoisotopic (exact) mass is 578 g/mol. The van der Waals surface area contributed by atoms with Crippen LogP contribution in [0.3, 0.4) is 0 Å². The molecule has 0 fully saturated rings. The topological polar surface area (TPSA) is 88.2 Å². The fourth-order valence-corrected chi connectivity index (χ4v) is 4.64. The van der Waals surface area contributed by atoms with Crippen LogP contribution in [0.1, 0.15) is 18.1 Å². The minimum absolute atomic E-state index is 0.0281. The van der Waals surface area contributed by atoms with E-state index < -0.39 is 11.8 Å². The first kappa shape index (κ1) is 25.9. The van der Waals surface area contributed by atoms with Crippen LogP contribution in [-0.4, -0.2) is 33.6 Å². The minimum atomic E-state index is -0.610. The predicted octanol–water partition coefficient (Wildman–Crippen LogP) is 6.10. The van der Waals surface area contributed by atoms with Crippen molar-refractivity contribution >= 4 is 33.8 Å². The van der Waals surface area contributed by atoms with Gasteiger partial charge in [0, 0.05) is 27.4 Å². The van der Waals surface area contributed by atoms with Crippen LogP contribution < -0.4 is 4.74 Å². The van der Waals surface area contributed by atoms with E-state index in [-0.39, 0.29) is 17.7 Å². The molecule has 0 atom stereocenters. The first-order valence-corrected chi connectivity index (χ1v) is 12.9. The second-order valence-corrected chi connectivity index (χ2v) is 9.85. The van der Waals surface area contributed by atoms with E-state index in [2.05, 4.69) is 15.9 Å². The van der Waals surface area contributed by atoms with Crippen LogP contribution in [0.15, 0.2) is 106 Å². The molecule has 0 bridgehead atoms. The van der Waals surface area contributed by atoms with E-state index in [1.165, 1.54) is 0 Å². The van der Waals surface area contributed by atoms with Crippen LogP contribution in [0.2, 0.25) is 0 Å². The number of hydrogen-bond acceptors (Lipinski definition) is 5. The lowest BCUT2D eigenvalue weighted by atomic mass is 9.93. The zero-order valence-electron chi connectivity index (χ0n) is 21.3. The van der Waals surface area contributed by atoms with Gasteiger partial charge in [-0.1, -0.05) is 58.4 Å². The van der Waals surface area contributed by atoms with Gasteiger partial charge in [0.2, 0.25) is 0 Å². The molecule has 0 unspecified atom stereocenters. The summed E-state index contributed by atoms with van der Waals surface area (Å²) in [7, 11) is 1.57. The molecule has 192 valence electrons. The molecule has 0 spiro atoms. The van der Waals surface area contributed by atoms with Gasteiger partial charge in [-0.15, -0.1) is 0 Å². The van der Waals surface area contributed by atoms with Crippen LogP contribution in [0.5, 0.6) is 5.75 Å². The maximum atomic E-state index is 13.7. The average Bonchev–Trinajstić information content (AvgIpc) is 3.39. The van der Waals surface area contributed by atoms with Gasteiger partial charge >= 0.3 is 0 Å². The van der Waals surface area contributed by atoms with Gasteiger partial charge in [-0.25, -0.2) is 4.68 Å². The zero-order chi connectivity index (χ0) is 27.5. The summed E-state index contributed by atoms with van der Waals surface area (Å²) in [6, 6.07) is 26.5. The first-order chi connectivity index (χ1) is 18.9. The molecule has 2 amide bonds. The van der Waals surface area contributed by atoms with Gasteiger partial charge in [-0.3, -0.25) is 14.5 Å². The highest BCUT2D eigenvalue weighted by molar-refractivity contribution is 9.10. The molecule has 4 aromatic rings. The smallest absolute Gasteiger partial charge is 0.271 e.